The second-order valence-electron chi connectivity index (χ2n) is 7.38. The number of aromatic nitrogens is 2. The van der Waals surface area contributed by atoms with E-state index in [2.05, 4.69) is 96.0 Å². The lowest BCUT2D eigenvalue weighted by Gasteiger charge is -2.20. The van der Waals surface area contributed by atoms with Crippen molar-refractivity contribution in [1.82, 2.24) is 4.98 Å². The first-order chi connectivity index (χ1) is 13.6. The van der Waals surface area contributed by atoms with Crippen LogP contribution in [0.4, 0.5) is 5.82 Å². The predicted molar refractivity (Wildman–Crippen MR) is 114 cm³/mol. The third-order valence-electron chi connectivity index (χ3n) is 5.44. The van der Waals surface area contributed by atoms with Gasteiger partial charge in [0.15, 0.2) is 0 Å². The molecule has 0 spiro atoms. The Labute approximate surface area is 164 Å². The van der Waals surface area contributed by atoms with Crippen LogP contribution in [0.3, 0.4) is 0 Å². The molecule has 4 aromatic rings. The average Bonchev–Trinajstić information content (AvgIpc) is 3.07. The number of aryl methyl sites for hydroxylation is 2. The molecule has 0 fully saturated rings. The second kappa shape index (κ2) is 6.38. The lowest BCUT2D eigenvalue weighted by atomic mass is 9.62. The number of furan rings is 1. The molecule has 0 amide bonds. The summed E-state index contributed by atoms with van der Waals surface area (Å²) in [6.45, 7) is 4.54. The summed E-state index contributed by atoms with van der Waals surface area (Å²) in [6, 6.07) is 16.8. The molecule has 136 valence electrons. The molecule has 0 unspecified atom stereocenters. The molecule has 28 heavy (non-hydrogen) atoms. The van der Waals surface area contributed by atoms with Gasteiger partial charge in [-0.15, -0.1) is 0 Å². The Kier molecular flexibility index (Phi) is 3.83. The van der Waals surface area contributed by atoms with Crippen LogP contribution >= 0.6 is 0 Å². The number of hydrogen-bond donors (Lipinski definition) is 0. The SMILES string of the molecule is CB1C=c2oc3ncccc3c2=CN1c1cc(C)c(-c2ccccc2)c[n+]1C. The van der Waals surface area contributed by atoms with E-state index in [1.807, 2.05) is 6.07 Å². The molecule has 0 bridgehead atoms. The number of anilines is 1. The first-order valence-electron chi connectivity index (χ1n) is 9.53. The third-order valence-corrected chi connectivity index (χ3v) is 5.44. The third kappa shape index (κ3) is 2.62. The van der Waals surface area contributed by atoms with E-state index in [1.54, 1.807) is 6.20 Å². The number of pyridine rings is 2. The lowest BCUT2D eigenvalue weighted by molar-refractivity contribution is -0.657. The van der Waals surface area contributed by atoms with Crippen LogP contribution in [0, 0.1) is 6.92 Å². The minimum absolute atomic E-state index is 0.182. The summed E-state index contributed by atoms with van der Waals surface area (Å²) in [5.41, 5.74) is 5.33. The van der Waals surface area contributed by atoms with E-state index in [0.717, 1.165) is 21.8 Å². The molecule has 1 aromatic carbocycles. The fourth-order valence-electron chi connectivity index (χ4n) is 3.97. The normalized spacial score (nSPS) is 13.2. The maximum atomic E-state index is 5.94. The smallest absolute Gasteiger partial charge is 0.405 e. The van der Waals surface area contributed by atoms with E-state index in [1.165, 1.54) is 16.7 Å². The van der Waals surface area contributed by atoms with Gasteiger partial charge in [0.05, 0.1) is 30.0 Å². The highest BCUT2D eigenvalue weighted by molar-refractivity contribution is 6.76. The lowest BCUT2D eigenvalue weighted by Crippen LogP contribution is -2.47. The zero-order valence-electron chi connectivity index (χ0n) is 16.3. The Balaban J connectivity index is 1.66. The van der Waals surface area contributed by atoms with Crippen molar-refractivity contribution in [3.05, 3.63) is 77.1 Å². The van der Waals surface area contributed by atoms with Crippen LogP contribution in [0.1, 0.15) is 5.56 Å². The van der Waals surface area contributed by atoms with Crippen molar-refractivity contribution in [2.75, 3.05) is 4.81 Å². The van der Waals surface area contributed by atoms with Crippen molar-refractivity contribution < 1.29 is 8.98 Å². The number of benzene rings is 1. The second-order valence-corrected chi connectivity index (χ2v) is 7.38. The van der Waals surface area contributed by atoms with Crippen LogP contribution in [-0.4, -0.2) is 11.8 Å². The molecule has 0 radical (unpaired) electrons. The fraction of sp³-hybridized carbons (Fsp3) is 0.130. The zero-order valence-corrected chi connectivity index (χ0v) is 16.3. The summed E-state index contributed by atoms with van der Waals surface area (Å²) in [5, 5.41) is 2.14. The van der Waals surface area contributed by atoms with E-state index in [9.17, 15) is 0 Å². The van der Waals surface area contributed by atoms with Crippen LogP contribution in [0.5, 0.6) is 0 Å². The molecular weight excluding hydrogens is 345 g/mol. The van der Waals surface area contributed by atoms with E-state index >= 15 is 0 Å². The molecule has 4 heterocycles. The van der Waals surface area contributed by atoms with Gasteiger partial charge in [-0.05, 0) is 43.0 Å². The largest absolute Gasteiger partial charge is 0.439 e. The highest BCUT2D eigenvalue weighted by Crippen LogP contribution is 2.25. The first kappa shape index (κ1) is 16.8. The van der Waals surface area contributed by atoms with Gasteiger partial charge in [-0.25, -0.2) is 9.55 Å². The minimum Gasteiger partial charge on any atom is -0.439 e. The van der Waals surface area contributed by atoms with Gasteiger partial charge in [0.25, 0.3) is 5.82 Å². The predicted octanol–water partition coefficient (Wildman–Crippen LogP) is 2.83. The van der Waals surface area contributed by atoms with Crippen molar-refractivity contribution >= 4 is 35.9 Å². The number of nitrogens with zero attached hydrogens (tertiary/aromatic N) is 3. The van der Waals surface area contributed by atoms with Crippen LogP contribution < -0.4 is 20.0 Å². The molecule has 0 N–H and O–H groups in total. The maximum absolute atomic E-state index is 5.94. The fourth-order valence-corrected chi connectivity index (χ4v) is 3.97. The summed E-state index contributed by atoms with van der Waals surface area (Å²) in [4.78, 5) is 6.65. The molecule has 5 rings (SSSR count). The minimum atomic E-state index is 0.182. The summed E-state index contributed by atoms with van der Waals surface area (Å²) in [7, 11) is 2.10. The van der Waals surface area contributed by atoms with Gasteiger partial charge in [0.1, 0.15) is 5.42 Å². The standard InChI is InChI=1S/C23H21BN3O/c1-16-12-22(26(3)14-19(16)17-8-5-4-6-9-17)27-15-20-18-10-7-11-25-23(18)28-21(20)13-24(27)2/h4-15H,1-3H3/q+1. The van der Waals surface area contributed by atoms with Gasteiger partial charge in [0, 0.05) is 17.8 Å². The van der Waals surface area contributed by atoms with Gasteiger partial charge in [-0.1, -0.05) is 30.3 Å². The van der Waals surface area contributed by atoms with Crippen LogP contribution in [-0.2, 0) is 7.05 Å². The summed E-state index contributed by atoms with van der Waals surface area (Å²) in [6.07, 6.45) is 6.17. The van der Waals surface area contributed by atoms with Crippen molar-refractivity contribution in [2.45, 2.75) is 13.7 Å². The van der Waals surface area contributed by atoms with Gasteiger partial charge in [-0.3, -0.25) is 4.81 Å². The van der Waals surface area contributed by atoms with E-state index in [4.69, 9.17) is 4.42 Å². The van der Waals surface area contributed by atoms with Crippen LogP contribution in [0.2, 0.25) is 6.82 Å². The summed E-state index contributed by atoms with van der Waals surface area (Å²) in [5.74, 6) is 3.31. The average molecular weight is 366 g/mol. The summed E-state index contributed by atoms with van der Waals surface area (Å²) < 4.78 is 8.14. The van der Waals surface area contributed by atoms with Gasteiger partial charge in [-0.2, -0.15) is 0 Å². The molecule has 0 saturated heterocycles. The Morgan fingerprint density at radius 3 is 2.75 bits per heavy atom. The van der Waals surface area contributed by atoms with Crippen molar-refractivity contribution in [3.63, 3.8) is 0 Å². The molecule has 1 aliphatic rings. The highest BCUT2D eigenvalue weighted by Gasteiger charge is 2.30. The molecule has 0 saturated carbocycles. The van der Waals surface area contributed by atoms with Crippen molar-refractivity contribution in [3.8, 4) is 11.1 Å². The van der Waals surface area contributed by atoms with Crippen molar-refractivity contribution in [2.24, 2.45) is 7.05 Å². The van der Waals surface area contributed by atoms with Crippen molar-refractivity contribution in [1.29, 1.82) is 0 Å². The van der Waals surface area contributed by atoms with E-state index in [-0.39, 0.29) is 6.85 Å². The van der Waals surface area contributed by atoms with Crippen LogP contribution in [0.25, 0.3) is 34.4 Å². The monoisotopic (exact) mass is 366 g/mol. The molecule has 5 heteroatoms. The van der Waals surface area contributed by atoms with E-state index in [0.29, 0.717) is 5.71 Å². The number of hydrogen-bond acceptors (Lipinski definition) is 3. The molecule has 0 aliphatic carbocycles. The highest BCUT2D eigenvalue weighted by atomic mass is 16.3. The molecular formula is C23H21BN3O+. The van der Waals surface area contributed by atoms with E-state index < -0.39 is 0 Å². The molecule has 1 aliphatic heterocycles. The maximum Gasteiger partial charge on any atom is 0.405 e. The Morgan fingerprint density at radius 1 is 1.11 bits per heavy atom. The molecule has 4 nitrogen and oxygen atoms in total. The first-order valence-corrected chi connectivity index (χ1v) is 9.53. The van der Waals surface area contributed by atoms with Gasteiger partial charge in [0.2, 0.25) is 5.71 Å². The Hall–Kier alpha value is -3.34. The molecule has 0 atom stereocenters. The summed E-state index contributed by atoms with van der Waals surface area (Å²) >= 11 is 0. The quantitative estimate of drug-likeness (QED) is 0.404. The number of fused-ring (bicyclic) bond motifs is 3. The Bertz CT molecular complexity index is 1310. The zero-order chi connectivity index (χ0) is 19.3. The number of rotatable bonds is 2. The van der Waals surface area contributed by atoms with Crippen LogP contribution in [0.15, 0.2) is 65.3 Å². The topological polar surface area (TPSA) is 33.2 Å². The van der Waals surface area contributed by atoms with Gasteiger partial charge < -0.3 is 4.42 Å². The van der Waals surface area contributed by atoms with Gasteiger partial charge >= 0.3 is 6.85 Å². The molecule has 3 aromatic heterocycles. The Morgan fingerprint density at radius 2 is 1.93 bits per heavy atom.